The van der Waals surface area contributed by atoms with Crippen LogP contribution in [0.4, 0.5) is 5.69 Å². The molecule has 1 aromatic carbocycles. The molecule has 0 spiro atoms. The van der Waals surface area contributed by atoms with Gasteiger partial charge in [-0.15, -0.1) is 0 Å². The highest BCUT2D eigenvalue weighted by molar-refractivity contribution is 14.1. The largest absolute Gasteiger partial charge is 0.460 e. The summed E-state index contributed by atoms with van der Waals surface area (Å²) in [5.41, 5.74) is 6.54. The number of rotatable bonds is 8. The first-order chi connectivity index (χ1) is 9.15. The van der Waals surface area contributed by atoms with Crippen molar-refractivity contribution in [2.24, 2.45) is 0 Å². The topological polar surface area (TPSA) is 70.8 Å². The zero-order valence-corrected chi connectivity index (χ0v) is 13.0. The van der Waals surface area contributed by atoms with Gasteiger partial charge in [0.15, 0.2) is 0 Å². The van der Waals surface area contributed by atoms with Crippen LogP contribution in [-0.4, -0.2) is 39.5 Å². The smallest absolute Gasteiger partial charge is 0.340 e. The molecule has 0 bridgehead atoms. The molecule has 1 rings (SSSR count). The number of halogens is 1. The lowest BCUT2D eigenvalue weighted by molar-refractivity contribution is 0.0289. The Morgan fingerprint density at radius 2 is 2.05 bits per heavy atom. The Balaban J connectivity index is 2.26. The van der Waals surface area contributed by atoms with Gasteiger partial charge in [-0.3, -0.25) is 0 Å². The number of anilines is 1. The third-order valence-electron chi connectivity index (χ3n) is 2.33. The summed E-state index contributed by atoms with van der Waals surface area (Å²) in [6.07, 6.45) is 0.828. The van der Waals surface area contributed by atoms with E-state index in [-0.39, 0.29) is 6.61 Å². The number of nitrogens with two attached hydrogens (primary N) is 1. The van der Waals surface area contributed by atoms with Crippen molar-refractivity contribution < 1.29 is 19.0 Å². The lowest BCUT2D eigenvalue weighted by atomic mass is 10.2. The van der Waals surface area contributed by atoms with Crippen LogP contribution in [0.25, 0.3) is 0 Å². The van der Waals surface area contributed by atoms with Gasteiger partial charge < -0.3 is 19.9 Å². The average molecular weight is 379 g/mol. The van der Waals surface area contributed by atoms with Gasteiger partial charge >= 0.3 is 5.97 Å². The number of carbonyl (C=O) groups excluding carboxylic acids is 1. The molecule has 0 saturated heterocycles. The minimum absolute atomic E-state index is 0.219. The SMILES string of the molecule is COCCCOCCOC(=O)c1cc(I)ccc1N. The van der Waals surface area contributed by atoms with Gasteiger partial charge in [0, 0.05) is 29.6 Å². The van der Waals surface area contributed by atoms with Gasteiger partial charge in [0.2, 0.25) is 0 Å². The number of esters is 1. The van der Waals surface area contributed by atoms with Crippen molar-refractivity contribution in [3.8, 4) is 0 Å². The van der Waals surface area contributed by atoms with Crippen molar-refractivity contribution in [2.75, 3.05) is 39.3 Å². The summed E-state index contributed by atoms with van der Waals surface area (Å²) in [7, 11) is 1.65. The minimum atomic E-state index is -0.420. The van der Waals surface area contributed by atoms with Gasteiger partial charge in [0.25, 0.3) is 0 Å². The number of carbonyl (C=O) groups is 1. The molecule has 0 heterocycles. The number of ether oxygens (including phenoxy) is 3. The van der Waals surface area contributed by atoms with Crippen LogP contribution in [0.1, 0.15) is 16.8 Å². The van der Waals surface area contributed by atoms with Crippen LogP contribution >= 0.6 is 22.6 Å². The predicted molar refractivity (Wildman–Crippen MR) is 81.2 cm³/mol. The summed E-state index contributed by atoms with van der Waals surface area (Å²) >= 11 is 2.12. The van der Waals surface area contributed by atoms with Crippen LogP contribution < -0.4 is 5.73 Å². The third kappa shape index (κ3) is 6.22. The van der Waals surface area contributed by atoms with Crippen LogP contribution in [0, 0.1) is 3.57 Å². The quantitative estimate of drug-likeness (QED) is 0.324. The number of nitrogen functional groups attached to an aromatic ring is 1. The standard InChI is InChI=1S/C13H18INO4/c1-17-5-2-6-18-7-8-19-13(16)11-9-10(14)3-4-12(11)15/h3-4,9H,2,5-8,15H2,1H3. The van der Waals surface area contributed by atoms with E-state index in [2.05, 4.69) is 22.6 Å². The highest BCUT2D eigenvalue weighted by Gasteiger charge is 2.11. The first-order valence-electron chi connectivity index (χ1n) is 5.94. The molecule has 0 aliphatic heterocycles. The normalized spacial score (nSPS) is 10.4. The molecule has 5 nitrogen and oxygen atoms in total. The van der Waals surface area contributed by atoms with Crippen molar-refractivity contribution in [1.29, 1.82) is 0 Å². The molecule has 6 heteroatoms. The van der Waals surface area contributed by atoms with Gasteiger partial charge in [0.05, 0.1) is 12.2 Å². The second-order valence-corrected chi connectivity index (χ2v) is 5.07. The molecular formula is C13H18INO4. The van der Waals surface area contributed by atoms with Gasteiger partial charge in [-0.1, -0.05) is 0 Å². The molecule has 19 heavy (non-hydrogen) atoms. The van der Waals surface area contributed by atoms with Crippen LogP contribution in [-0.2, 0) is 14.2 Å². The number of methoxy groups -OCH3 is 1. The van der Waals surface area contributed by atoms with Gasteiger partial charge in [-0.25, -0.2) is 4.79 Å². The van der Waals surface area contributed by atoms with Gasteiger partial charge in [-0.05, 0) is 47.2 Å². The molecule has 106 valence electrons. The number of hydrogen-bond donors (Lipinski definition) is 1. The predicted octanol–water partition coefficient (Wildman–Crippen LogP) is 2.08. The average Bonchev–Trinajstić information content (AvgIpc) is 2.40. The molecule has 0 aromatic heterocycles. The van der Waals surface area contributed by atoms with Gasteiger partial charge in [0.1, 0.15) is 6.61 Å². The van der Waals surface area contributed by atoms with Crippen molar-refractivity contribution in [3.63, 3.8) is 0 Å². The van der Waals surface area contributed by atoms with E-state index >= 15 is 0 Å². The Hall–Kier alpha value is -0.860. The van der Waals surface area contributed by atoms with Crippen molar-refractivity contribution in [2.45, 2.75) is 6.42 Å². The Bertz CT molecular complexity index is 412. The van der Waals surface area contributed by atoms with Crippen molar-refractivity contribution in [1.82, 2.24) is 0 Å². The summed E-state index contributed by atoms with van der Waals surface area (Å²) in [4.78, 5) is 11.8. The van der Waals surface area contributed by atoms with Crippen LogP contribution in [0.2, 0.25) is 0 Å². The zero-order valence-electron chi connectivity index (χ0n) is 10.9. The van der Waals surface area contributed by atoms with E-state index in [1.54, 1.807) is 19.2 Å². The minimum Gasteiger partial charge on any atom is -0.460 e. The van der Waals surface area contributed by atoms with E-state index in [1.165, 1.54) is 0 Å². The molecule has 0 fully saturated rings. The van der Waals surface area contributed by atoms with Gasteiger partial charge in [-0.2, -0.15) is 0 Å². The first-order valence-corrected chi connectivity index (χ1v) is 7.02. The molecule has 0 radical (unpaired) electrons. The molecule has 0 aliphatic carbocycles. The second kappa shape index (κ2) is 9.11. The maximum absolute atomic E-state index is 11.8. The number of benzene rings is 1. The lowest BCUT2D eigenvalue weighted by Crippen LogP contribution is -2.13. The second-order valence-electron chi connectivity index (χ2n) is 3.83. The molecule has 0 aliphatic rings. The van der Waals surface area contributed by atoms with Crippen LogP contribution in [0.5, 0.6) is 0 Å². The van der Waals surface area contributed by atoms with Crippen LogP contribution in [0.15, 0.2) is 18.2 Å². The highest BCUT2D eigenvalue weighted by atomic mass is 127. The van der Waals surface area contributed by atoms with E-state index < -0.39 is 5.97 Å². The molecule has 0 amide bonds. The monoisotopic (exact) mass is 379 g/mol. The fourth-order valence-electron chi connectivity index (χ4n) is 1.38. The first kappa shape index (κ1) is 16.2. The summed E-state index contributed by atoms with van der Waals surface area (Å²) in [5.74, 6) is -0.420. The van der Waals surface area contributed by atoms with E-state index in [4.69, 9.17) is 19.9 Å². The maximum Gasteiger partial charge on any atom is 0.340 e. The summed E-state index contributed by atoms with van der Waals surface area (Å²) in [5, 5.41) is 0. The fourth-order valence-corrected chi connectivity index (χ4v) is 1.87. The van der Waals surface area contributed by atoms with Crippen molar-refractivity contribution in [3.05, 3.63) is 27.3 Å². The molecule has 0 atom stereocenters. The number of hydrogen-bond acceptors (Lipinski definition) is 5. The Kier molecular flexibility index (Phi) is 7.76. The lowest BCUT2D eigenvalue weighted by Gasteiger charge is -2.08. The Labute approximate surface area is 126 Å². The highest BCUT2D eigenvalue weighted by Crippen LogP contribution is 2.16. The fraction of sp³-hybridized carbons (Fsp3) is 0.462. The van der Waals surface area contributed by atoms with E-state index in [0.29, 0.717) is 31.1 Å². The summed E-state index contributed by atoms with van der Waals surface area (Å²) in [6, 6.07) is 5.24. The summed E-state index contributed by atoms with van der Waals surface area (Å²) < 4.78 is 16.2. The molecule has 0 unspecified atom stereocenters. The van der Waals surface area contributed by atoms with E-state index in [1.807, 2.05) is 6.07 Å². The molecule has 1 aromatic rings. The zero-order chi connectivity index (χ0) is 14.1. The third-order valence-corrected chi connectivity index (χ3v) is 3.00. The van der Waals surface area contributed by atoms with Crippen molar-refractivity contribution >= 4 is 34.2 Å². The van der Waals surface area contributed by atoms with Crippen LogP contribution in [0.3, 0.4) is 0 Å². The Morgan fingerprint density at radius 1 is 1.26 bits per heavy atom. The molecule has 2 N–H and O–H groups in total. The molecule has 0 saturated carbocycles. The summed E-state index contributed by atoms with van der Waals surface area (Å²) in [6.45, 7) is 1.85. The van der Waals surface area contributed by atoms with E-state index in [0.717, 1.165) is 9.99 Å². The molecular weight excluding hydrogens is 361 g/mol. The Morgan fingerprint density at radius 3 is 2.79 bits per heavy atom. The van der Waals surface area contributed by atoms with E-state index in [9.17, 15) is 4.79 Å². The maximum atomic E-state index is 11.8.